The van der Waals surface area contributed by atoms with E-state index in [4.69, 9.17) is 9.84 Å². The first-order chi connectivity index (χ1) is 9.13. The van der Waals surface area contributed by atoms with Gasteiger partial charge in [-0.15, -0.1) is 0 Å². The summed E-state index contributed by atoms with van der Waals surface area (Å²) in [5, 5.41) is 12.1. The van der Waals surface area contributed by atoms with Gasteiger partial charge in [0.2, 0.25) is 0 Å². The maximum atomic E-state index is 10.7. The number of hydrogen-bond donors (Lipinski definition) is 2. The highest BCUT2D eigenvalue weighted by Gasteiger charge is 2.01. The van der Waals surface area contributed by atoms with E-state index in [0.29, 0.717) is 5.56 Å². The molecule has 0 bridgehead atoms. The summed E-state index contributed by atoms with van der Waals surface area (Å²) in [7, 11) is 3.76. The molecule has 106 valence electrons. The van der Waals surface area contributed by atoms with Crippen molar-refractivity contribution in [2.24, 2.45) is 0 Å². The Morgan fingerprint density at radius 2 is 2.00 bits per heavy atom. The molecule has 0 aliphatic heterocycles. The summed E-state index contributed by atoms with van der Waals surface area (Å²) in [6.07, 6.45) is 0. The lowest BCUT2D eigenvalue weighted by molar-refractivity contribution is 0.0697. The highest BCUT2D eigenvalue weighted by Crippen LogP contribution is 2.03. The number of nitrogens with zero attached hydrogens (tertiary/aromatic N) is 1. The second-order valence-corrected chi connectivity index (χ2v) is 4.47. The second-order valence-electron chi connectivity index (χ2n) is 4.47. The Balaban J connectivity index is 2.20. The molecule has 0 aromatic heterocycles. The van der Waals surface area contributed by atoms with E-state index >= 15 is 0 Å². The summed E-state index contributed by atoms with van der Waals surface area (Å²) in [5.74, 6) is -0.890. The van der Waals surface area contributed by atoms with Gasteiger partial charge >= 0.3 is 5.97 Å². The van der Waals surface area contributed by atoms with E-state index in [1.165, 1.54) is 0 Å². The van der Waals surface area contributed by atoms with Crippen molar-refractivity contribution in [2.45, 2.75) is 6.54 Å². The quantitative estimate of drug-likeness (QED) is 0.654. The SMILES string of the molecule is COCCN(C)CCNCc1ccc(C(=O)O)cc1. The number of carbonyl (C=O) groups is 1. The van der Waals surface area contributed by atoms with Crippen LogP contribution in [0.1, 0.15) is 15.9 Å². The van der Waals surface area contributed by atoms with Gasteiger partial charge in [-0.2, -0.15) is 0 Å². The standard InChI is InChI=1S/C14H22N2O3/c1-16(9-10-19-2)8-7-15-11-12-3-5-13(6-4-12)14(17)18/h3-6,15H,7-11H2,1-2H3,(H,17,18). The Morgan fingerprint density at radius 1 is 1.32 bits per heavy atom. The molecular weight excluding hydrogens is 244 g/mol. The number of rotatable bonds is 9. The van der Waals surface area contributed by atoms with Gasteiger partial charge in [0.1, 0.15) is 0 Å². The molecule has 0 saturated heterocycles. The third kappa shape index (κ3) is 6.33. The van der Waals surface area contributed by atoms with Gasteiger partial charge < -0.3 is 20.1 Å². The highest BCUT2D eigenvalue weighted by molar-refractivity contribution is 5.87. The van der Waals surface area contributed by atoms with Gasteiger partial charge in [0.25, 0.3) is 0 Å². The fourth-order valence-electron chi connectivity index (χ4n) is 1.63. The van der Waals surface area contributed by atoms with Crippen molar-refractivity contribution in [3.05, 3.63) is 35.4 Å². The molecule has 19 heavy (non-hydrogen) atoms. The maximum absolute atomic E-state index is 10.7. The van der Waals surface area contributed by atoms with E-state index in [2.05, 4.69) is 17.3 Å². The van der Waals surface area contributed by atoms with Gasteiger partial charge in [0, 0.05) is 33.3 Å². The summed E-state index contributed by atoms with van der Waals surface area (Å²) in [6.45, 7) is 4.26. The summed E-state index contributed by atoms with van der Waals surface area (Å²) >= 11 is 0. The van der Waals surface area contributed by atoms with Crippen LogP contribution >= 0.6 is 0 Å². The normalized spacial score (nSPS) is 10.9. The molecule has 0 aliphatic carbocycles. The van der Waals surface area contributed by atoms with Gasteiger partial charge in [0.05, 0.1) is 12.2 Å². The molecule has 0 heterocycles. The van der Waals surface area contributed by atoms with Crippen molar-refractivity contribution >= 4 is 5.97 Å². The Labute approximate surface area is 114 Å². The number of benzene rings is 1. The lowest BCUT2D eigenvalue weighted by atomic mass is 10.1. The number of carboxylic acids is 1. The van der Waals surface area contributed by atoms with Crippen molar-refractivity contribution < 1.29 is 14.6 Å². The molecule has 0 fully saturated rings. The lowest BCUT2D eigenvalue weighted by Crippen LogP contribution is -2.31. The van der Waals surface area contributed by atoms with Crippen molar-refractivity contribution in [1.29, 1.82) is 0 Å². The maximum Gasteiger partial charge on any atom is 0.335 e. The Kier molecular flexibility index (Phi) is 7.10. The molecule has 2 N–H and O–H groups in total. The van der Waals surface area contributed by atoms with Crippen LogP contribution < -0.4 is 5.32 Å². The van der Waals surface area contributed by atoms with Gasteiger partial charge in [-0.3, -0.25) is 0 Å². The first-order valence-electron chi connectivity index (χ1n) is 6.34. The summed E-state index contributed by atoms with van der Waals surface area (Å²) < 4.78 is 5.01. The average Bonchev–Trinajstić information content (AvgIpc) is 2.41. The molecule has 0 aliphatic rings. The van der Waals surface area contributed by atoms with E-state index < -0.39 is 5.97 Å². The van der Waals surface area contributed by atoms with Crippen LogP contribution in [-0.4, -0.2) is 56.4 Å². The van der Waals surface area contributed by atoms with Crippen LogP contribution in [0.5, 0.6) is 0 Å². The van der Waals surface area contributed by atoms with Crippen molar-refractivity contribution in [1.82, 2.24) is 10.2 Å². The van der Waals surface area contributed by atoms with Crippen molar-refractivity contribution in [3.63, 3.8) is 0 Å². The predicted molar refractivity (Wildman–Crippen MR) is 74.5 cm³/mol. The largest absolute Gasteiger partial charge is 0.478 e. The molecule has 1 rings (SSSR count). The topological polar surface area (TPSA) is 61.8 Å². The lowest BCUT2D eigenvalue weighted by Gasteiger charge is -2.16. The average molecular weight is 266 g/mol. The summed E-state index contributed by atoms with van der Waals surface area (Å²) in [4.78, 5) is 12.9. The van der Waals surface area contributed by atoms with Gasteiger partial charge in [-0.25, -0.2) is 4.79 Å². The molecule has 0 saturated carbocycles. The minimum Gasteiger partial charge on any atom is -0.478 e. The molecule has 0 atom stereocenters. The number of aromatic carboxylic acids is 1. The van der Waals surface area contributed by atoms with E-state index in [9.17, 15) is 4.79 Å². The molecule has 0 amide bonds. The van der Waals surface area contributed by atoms with Crippen LogP contribution in [0.2, 0.25) is 0 Å². The minimum atomic E-state index is -0.890. The monoisotopic (exact) mass is 266 g/mol. The van der Waals surface area contributed by atoms with E-state index in [1.54, 1.807) is 19.2 Å². The van der Waals surface area contributed by atoms with Gasteiger partial charge in [0.15, 0.2) is 0 Å². The highest BCUT2D eigenvalue weighted by atomic mass is 16.5. The minimum absolute atomic E-state index is 0.322. The number of likely N-dealkylation sites (N-methyl/N-ethyl adjacent to an activating group) is 1. The van der Waals surface area contributed by atoms with Gasteiger partial charge in [-0.05, 0) is 24.7 Å². The molecule has 0 unspecified atom stereocenters. The first-order valence-corrected chi connectivity index (χ1v) is 6.34. The Morgan fingerprint density at radius 3 is 2.58 bits per heavy atom. The summed E-state index contributed by atoms with van der Waals surface area (Å²) in [6, 6.07) is 6.93. The molecule has 1 aromatic carbocycles. The zero-order valence-electron chi connectivity index (χ0n) is 11.6. The first kappa shape index (κ1) is 15.6. The van der Waals surface area contributed by atoms with E-state index in [0.717, 1.165) is 38.3 Å². The molecule has 5 nitrogen and oxygen atoms in total. The van der Waals surface area contributed by atoms with E-state index in [1.807, 2.05) is 12.1 Å². The molecule has 0 radical (unpaired) electrons. The molecule has 1 aromatic rings. The van der Waals surface area contributed by atoms with Gasteiger partial charge in [-0.1, -0.05) is 12.1 Å². The smallest absolute Gasteiger partial charge is 0.335 e. The zero-order valence-corrected chi connectivity index (χ0v) is 11.6. The van der Waals surface area contributed by atoms with E-state index in [-0.39, 0.29) is 0 Å². The van der Waals surface area contributed by atoms with Crippen LogP contribution in [0.4, 0.5) is 0 Å². The number of ether oxygens (including phenoxy) is 1. The molecule has 0 spiro atoms. The Hall–Kier alpha value is -1.43. The number of carboxylic acid groups (broad SMARTS) is 1. The third-order valence-electron chi connectivity index (χ3n) is 2.88. The molecular formula is C14H22N2O3. The number of methoxy groups -OCH3 is 1. The van der Waals surface area contributed by atoms with Crippen LogP contribution in [0.3, 0.4) is 0 Å². The van der Waals surface area contributed by atoms with Crippen LogP contribution in [0.15, 0.2) is 24.3 Å². The number of nitrogens with one attached hydrogen (secondary N) is 1. The number of hydrogen-bond acceptors (Lipinski definition) is 4. The van der Waals surface area contributed by atoms with Crippen LogP contribution in [0, 0.1) is 0 Å². The zero-order chi connectivity index (χ0) is 14.1. The van der Waals surface area contributed by atoms with Crippen molar-refractivity contribution in [3.8, 4) is 0 Å². The van der Waals surface area contributed by atoms with Crippen LogP contribution in [-0.2, 0) is 11.3 Å². The molecule has 5 heteroatoms. The fourth-order valence-corrected chi connectivity index (χ4v) is 1.63. The fraction of sp³-hybridized carbons (Fsp3) is 0.500. The van der Waals surface area contributed by atoms with Crippen LogP contribution in [0.25, 0.3) is 0 Å². The Bertz CT molecular complexity index is 379. The predicted octanol–water partition coefficient (Wildman–Crippen LogP) is 1.05. The summed E-state index contributed by atoms with van der Waals surface area (Å²) in [5.41, 5.74) is 1.41. The van der Waals surface area contributed by atoms with Crippen molar-refractivity contribution in [2.75, 3.05) is 40.4 Å². The second kappa shape index (κ2) is 8.63. The third-order valence-corrected chi connectivity index (χ3v) is 2.88.